The molecule has 0 bridgehead atoms. The van der Waals surface area contributed by atoms with Gasteiger partial charge in [0.2, 0.25) is 0 Å². The molecule has 3 aliphatic rings. The Labute approximate surface area is 330 Å². The number of hydrogen-bond donors (Lipinski definition) is 0. The summed E-state index contributed by atoms with van der Waals surface area (Å²) in [6.07, 6.45) is 9.08. The minimum atomic E-state index is -0.0922. The Balaban J connectivity index is 1.35. The van der Waals surface area contributed by atoms with Gasteiger partial charge in [0, 0.05) is 38.6 Å². The average Bonchev–Trinajstić information content (AvgIpc) is 3.59. The van der Waals surface area contributed by atoms with Crippen LogP contribution in [-0.2, 0) is 27.1 Å². The molecule has 0 saturated heterocycles. The van der Waals surface area contributed by atoms with Crippen LogP contribution >= 0.6 is 11.6 Å². The van der Waals surface area contributed by atoms with Crippen molar-refractivity contribution in [2.75, 3.05) is 9.80 Å². The van der Waals surface area contributed by atoms with E-state index in [1.165, 1.54) is 59.2 Å². The van der Waals surface area contributed by atoms with Crippen molar-refractivity contribution in [3.63, 3.8) is 0 Å². The molecule has 0 amide bonds. The summed E-state index contributed by atoms with van der Waals surface area (Å²) in [5, 5.41) is 1.86. The normalized spacial score (nSPS) is 23.2. The molecular weight excluding hydrogens is 680 g/mol. The lowest BCUT2D eigenvalue weighted by molar-refractivity contribution is 0.195. The van der Waals surface area contributed by atoms with Crippen molar-refractivity contribution >= 4 is 51.0 Å². The van der Waals surface area contributed by atoms with Crippen molar-refractivity contribution in [3.05, 3.63) is 112 Å². The van der Waals surface area contributed by atoms with Gasteiger partial charge in [-0.1, -0.05) is 125 Å². The minimum absolute atomic E-state index is 0.0211. The maximum absolute atomic E-state index is 7.28. The van der Waals surface area contributed by atoms with E-state index in [4.69, 9.17) is 16.0 Å². The molecule has 0 N–H and O–H groups in total. The fraction of sp³-hybridized carbons (Fsp3) is 0.480. The Kier molecular flexibility index (Phi) is 8.38. The lowest BCUT2D eigenvalue weighted by Gasteiger charge is -2.50. The smallest absolute Gasteiger partial charge is 0.136 e. The Hall–Kier alpha value is -3.69. The van der Waals surface area contributed by atoms with Crippen LogP contribution in [-0.4, -0.2) is 5.54 Å². The predicted molar refractivity (Wildman–Crippen MR) is 231 cm³/mol. The molecule has 4 heteroatoms. The highest BCUT2D eigenvalue weighted by Gasteiger charge is 2.58. The van der Waals surface area contributed by atoms with Crippen LogP contribution in [0.2, 0.25) is 5.02 Å². The van der Waals surface area contributed by atoms with E-state index in [0.29, 0.717) is 0 Å². The third kappa shape index (κ3) is 5.74. The second kappa shape index (κ2) is 12.2. The van der Waals surface area contributed by atoms with E-state index in [9.17, 15) is 0 Å². The topological polar surface area (TPSA) is 19.6 Å². The van der Waals surface area contributed by atoms with Crippen LogP contribution in [0.15, 0.2) is 83.5 Å². The highest BCUT2D eigenvalue weighted by atomic mass is 35.5. The Bertz CT molecular complexity index is 2260. The van der Waals surface area contributed by atoms with Gasteiger partial charge in [-0.3, -0.25) is 0 Å². The number of rotatable bonds is 4. The van der Waals surface area contributed by atoms with Crippen molar-refractivity contribution in [3.8, 4) is 0 Å². The summed E-state index contributed by atoms with van der Waals surface area (Å²) in [5.41, 5.74) is 13.8. The van der Waals surface area contributed by atoms with E-state index in [1.54, 1.807) is 0 Å². The molecule has 3 nitrogen and oxygen atoms in total. The van der Waals surface area contributed by atoms with Crippen molar-refractivity contribution in [2.24, 2.45) is 0 Å². The van der Waals surface area contributed by atoms with Crippen LogP contribution in [0, 0.1) is 0 Å². The van der Waals surface area contributed by atoms with Gasteiger partial charge in [-0.15, -0.1) is 0 Å². The van der Waals surface area contributed by atoms with E-state index in [0.717, 1.165) is 51.6 Å². The molecule has 1 aromatic heterocycles. The number of benzene rings is 4. The fourth-order valence-electron chi connectivity index (χ4n) is 10.2. The van der Waals surface area contributed by atoms with Crippen molar-refractivity contribution < 1.29 is 4.42 Å². The van der Waals surface area contributed by atoms with Crippen molar-refractivity contribution in [1.82, 2.24) is 0 Å². The first-order chi connectivity index (χ1) is 25.1. The zero-order chi connectivity index (χ0) is 38.8. The molecule has 2 atom stereocenters. The number of halogens is 1. The number of furan rings is 1. The summed E-state index contributed by atoms with van der Waals surface area (Å²) < 4.78 is 6.54. The first-order valence-electron chi connectivity index (χ1n) is 20.4. The Morgan fingerprint density at radius 3 is 1.89 bits per heavy atom. The van der Waals surface area contributed by atoms with Gasteiger partial charge in [-0.05, 0) is 131 Å². The largest absolute Gasteiger partial charge is 0.462 e. The van der Waals surface area contributed by atoms with Gasteiger partial charge in [0.25, 0.3) is 0 Å². The van der Waals surface area contributed by atoms with E-state index in [-0.39, 0.29) is 32.6 Å². The quantitative estimate of drug-likeness (QED) is 0.183. The maximum atomic E-state index is 7.28. The highest BCUT2D eigenvalue weighted by Crippen LogP contribution is 2.62. The van der Waals surface area contributed by atoms with Crippen LogP contribution in [0.3, 0.4) is 0 Å². The Morgan fingerprint density at radius 1 is 0.630 bits per heavy atom. The molecule has 1 fully saturated rings. The van der Waals surface area contributed by atoms with E-state index >= 15 is 0 Å². The minimum Gasteiger partial charge on any atom is -0.462 e. The molecule has 4 aromatic carbocycles. The van der Waals surface area contributed by atoms with Crippen LogP contribution in [0.25, 0.3) is 11.0 Å². The highest BCUT2D eigenvalue weighted by molar-refractivity contribution is 6.31. The number of fused-ring (bicyclic) bond motifs is 5. The Morgan fingerprint density at radius 2 is 1.24 bits per heavy atom. The zero-order valence-corrected chi connectivity index (χ0v) is 35.7. The number of nitrogens with zero attached hydrogens (tertiary/aromatic N) is 2. The van der Waals surface area contributed by atoms with Crippen LogP contribution in [0.5, 0.6) is 0 Å². The molecular formula is C50H61ClN2O. The first-order valence-corrected chi connectivity index (χ1v) is 20.7. The monoisotopic (exact) mass is 740 g/mol. The number of anilines is 5. The molecule has 1 aliphatic heterocycles. The van der Waals surface area contributed by atoms with Gasteiger partial charge in [-0.2, -0.15) is 0 Å². The van der Waals surface area contributed by atoms with E-state index in [2.05, 4.69) is 166 Å². The van der Waals surface area contributed by atoms with Crippen molar-refractivity contribution in [1.29, 1.82) is 0 Å². The molecule has 2 aliphatic carbocycles. The maximum Gasteiger partial charge on any atom is 0.136 e. The molecule has 284 valence electrons. The van der Waals surface area contributed by atoms with Crippen LogP contribution < -0.4 is 9.80 Å². The lowest BCUT2D eigenvalue weighted by atomic mass is 9.61. The summed E-state index contributed by atoms with van der Waals surface area (Å²) in [5.74, 6) is 0. The molecule has 0 radical (unpaired) electrons. The summed E-state index contributed by atoms with van der Waals surface area (Å²) in [6.45, 7) is 28.4. The zero-order valence-electron chi connectivity index (χ0n) is 34.9. The third-order valence-electron chi connectivity index (χ3n) is 14.1. The summed E-state index contributed by atoms with van der Waals surface area (Å²) in [7, 11) is 0. The van der Waals surface area contributed by atoms with Gasteiger partial charge in [0.1, 0.15) is 11.8 Å². The van der Waals surface area contributed by atoms with E-state index in [1.807, 2.05) is 6.26 Å². The molecule has 5 aromatic rings. The summed E-state index contributed by atoms with van der Waals surface area (Å²) >= 11 is 7.28. The predicted octanol–water partition coefficient (Wildman–Crippen LogP) is 15.2. The summed E-state index contributed by atoms with van der Waals surface area (Å²) in [6, 6.07) is 27.8. The fourth-order valence-corrected chi connectivity index (χ4v) is 10.4. The summed E-state index contributed by atoms with van der Waals surface area (Å²) in [4.78, 5) is 5.03. The van der Waals surface area contributed by atoms with Gasteiger partial charge in [-0.25, -0.2) is 0 Å². The second-order valence-corrected chi connectivity index (χ2v) is 21.1. The van der Waals surface area contributed by atoms with Gasteiger partial charge < -0.3 is 14.2 Å². The average molecular weight is 742 g/mol. The van der Waals surface area contributed by atoms with Gasteiger partial charge >= 0.3 is 0 Å². The van der Waals surface area contributed by atoms with Crippen molar-refractivity contribution in [2.45, 2.75) is 154 Å². The number of hydrogen-bond acceptors (Lipinski definition) is 3. The van der Waals surface area contributed by atoms with Crippen LogP contribution in [0.4, 0.5) is 28.4 Å². The molecule has 2 heterocycles. The van der Waals surface area contributed by atoms with E-state index < -0.39 is 0 Å². The molecule has 8 rings (SSSR count). The standard InChI is InChI=1S/C50H61ClN2O/c1-45(2,3)32-15-18-35(19-16-32)52(43-31-54-44-30-40-39(29-38(43)44)47(7,8)23-24-48(40,9)10)36-26-34(51)27-37(28-36)53-42-20-17-33(46(4,5)6)25-41(42)49(11)21-13-14-22-50(49,53)12/h15-20,25-31H,13-14,21-24H2,1-12H3. The molecule has 0 spiro atoms. The SMILES string of the molecule is CC(C)(C)c1ccc(N(c2cc(Cl)cc(N3c4ccc(C(C)(C)C)cc4C4(C)CCCCC34C)c2)c2coc3cc4c(cc23)C(C)(C)CCC4(C)C)cc1. The molecule has 1 saturated carbocycles. The molecule has 54 heavy (non-hydrogen) atoms. The first kappa shape index (κ1) is 37.2. The third-order valence-corrected chi connectivity index (χ3v) is 14.3. The van der Waals surface area contributed by atoms with Gasteiger partial charge in [0.05, 0.1) is 11.2 Å². The lowest BCUT2D eigenvalue weighted by Crippen LogP contribution is -2.54. The second-order valence-electron chi connectivity index (χ2n) is 20.7. The molecule has 2 unspecified atom stereocenters. The van der Waals surface area contributed by atoms with Crippen LogP contribution in [0.1, 0.15) is 149 Å². The van der Waals surface area contributed by atoms with Gasteiger partial charge in [0.15, 0.2) is 0 Å².